The average Bonchev–Trinajstić information content (AvgIpc) is 2.55. The van der Waals surface area contributed by atoms with Gasteiger partial charge in [-0.3, -0.25) is 5.41 Å². The van der Waals surface area contributed by atoms with Gasteiger partial charge in [0.05, 0.1) is 5.39 Å². The summed E-state index contributed by atoms with van der Waals surface area (Å²) in [5, 5.41) is 8.99. The molecule has 4 heteroatoms. The van der Waals surface area contributed by atoms with Crippen LogP contribution >= 0.6 is 0 Å². The Bertz CT molecular complexity index is 666. The topological polar surface area (TPSA) is 27.1 Å². The van der Waals surface area contributed by atoms with E-state index >= 15 is 0 Å². The number of nitrogens with zero attached hydrogens (tertiary/aromatic N) is 1. The third-order valence-electron chi connectivity index (χ3n) is 4.07. The van der Waals surface area contributed by atoms with Crippen molar-refractivity contribution in [2.24, 2.45) is 0 Å². The summed E-state index contributed by atoms with van der Waals surface area (Å²) < 4.78 is 27.9. The Kier molecular flexibility index (Phi) is 6.08. The van der Waals surface area contributed by atoms with Gasteiger partial charge in [0.2, 0.25) is 0 Å². The smallest absolute Gasteiger partial charge is 0.134 e. The Morgan fingerprint density at radius 3 is 2.17 bits per heavy atom. The van der Waals surface area contributed by atoms with Crippen molar-refractivity contribution in [2.45, 2.75) is 39.5 Å². The molecule has 2 rings (SSSR count). The van der Waals surface area contributed by atoms with Gasteiger partial charge < -0.3 is 4.90 Å². The molecule has 2 nitrogen and oxygen atoms in total. The van der Waals surface area contributed by atoms with E-state index in [4.69, 9.17) is 5.41 Å². The van der Waals surface area contributed by atoms with Crippen molar-refractivity contribution in [3.05, 3.63) is 47.5 Å². The van der Waals surface area contributed by atoms with Crippen molar-refractivity contribution in [3.63, 3.8) is 0 Å². The minimum Gasteiger partial charge on any atom is -0.357 e. The summed E-state index contributed by atoms with van der Waals surface area (Å²) in [6, 6.07) is 7.35. The van der Waals surface area contributed by atoms with Crippen LogP contribution in [0.5, 0.6) is 0 Å². The van der Waals surface area contributed by atoms with E-state index in [1.165, 1.54) is 12.1 Å². The molecule has 0 aromatic heterocycles. The van der Waals surface area contributed by atoms with Gasteiger partial charge in [-0.15, -0.1) is 0 Å². The van der Waals surface area contributed by atoms with Crippen LogP contribution in [0.1, 0.15) is 45.1 Å². The zero-order chi connectivity index (χ0) is 16.8. The zero-order valence-corrected chi connectivity index (χ0v) is 13.8. The van der Waals surface area contributed by atoms with E-state index in [9.17, 15) is 8.78 Å². The number of hydrogen-bond donors (Lipinski definition) is 1. The number of halogens is 2. The van der Waals surface area contributed by atoms with Crippen LogP contribution in [0.15, 0.2) is 30.3 Å². The van der Waals surface area contributed by atoms with Crippen LogP contribution in [0.3, 0.4) is 0 Å². The Hall–Kier alpha value is -1.97. The average molecular weight is 318 g/mol. The quantitative estimate of drug-likeness (QED) is 0.541. The predicted octanol–water partition coefficient (Wildman–Crippen LogP) is 5.35. The first-order chi connectivity index (χ1) is 11.1. The van der Waals surface area contributed by atoms with E-state index < -0.39 is 11.6 Å². The maximum absolute atomic E-state index is 14.0. The molecule has 0 bridgehead atoms. The predicted molar refractivity (Wildman–Crippen MR) is 92.1 cm³/mol. The molecule has 23 heavy (non-hydrogen) atoms. The molecule has 0 aliphatic heterocycles. The highest BCUT2D eigenvalue weighted by molar-refractivity contribution is 6.08. The maximum atomic E-state index is 14.0. The number of unbranched alkanes of at least 4 members (excludes halogenated alkanes) is 2. The van der Waals surface area contributed by atoms with E-state index in [-0.39, 0.29) is 5.39 Å². The molecule has 0 spiro atoms. The number of rotatable bonds is 7. The van der Waals surface area contributed by atoms with E-state index in [1.54, 1.807) is 18.2 Å². The van der Waals surface area contributed by atoms with Crippen molar-refractivity contribution in [1.82, 2.24) is 4.90 Å². The van der Waals surface area contributed by atoms with Gasteiger partial charge in [-0.05, 0) is 36.4 Å². The summed E-state index contributed by atoms with van der Waals surface area (Å²) in [5.41, 5.74) is 0.591. The van der Waals surface area contributed by atoms with Gasteiger partial charge in [0, 0.05) is 18.7 Å². The Labute approximate surface area is 136 Å². The van der Waals surface area contributed by atoms with Crippen LogP contribution in [0.4, 0.5) is 8.78 Å². The van der Waals surface area contributed by atoms with E-state index in [2.05, 4.69) is 13.8 Å². The van der Waals surface area contributed by atoms with E-state index in [0.29, 0.717) is 16.8 Å². The van der Waals surface area contributed by atoms with Gasteiger partial charge in [-0.1, -0.05) is 38.8 Å². The highest BCUT2D eigenvalue weighted by Gasteiger charge is 2.17. The molecule has 1 N–H and O–H groups in total. The molecule has 0 atom stereocenters. The first-order valence-corrected chi connectivity index (χ1v) is 8.30. The van der Waals surface area contributed by atoms with E-state index in [1.807, 2.05) is 4.90 Å². The molecule has 0 radical (unpaired) electrons. The molecular weight excluding hydrogens is 294 g/mol. The molecule has 0 fully saturated rings. The molecule has 0 unspecified atom stereocenters. The fraction of sp³-hybridized carbons (Fsp3) is 0.421. The molecule has 124 valence electrons. The minimum absolute atomic E-state index is 0.0271. The lowest BCUT2D eigenvalue weighted by Crippen LogP contribution is -2.33. The second-order valence-electron chi connectivity index (χ2n) is 5.80. The SMILES string of the molecule is CCCCN(CCCC)C(=N)c1ccc(F)c2c(F)cccc12. The number of hydrogen-bond acceptors (Lipinski definition) is 1. The van der Waals surface area contributed by atoms with Crippen LogP contribution in [-0.4, -0.2) is 23.8 Å². The third-order valence-corrected chi connectivity index (χ3v) is 4.07. The number of nitrogens with one attached hydrogen (secondary N) is 1. The molecule has 2 aromatic rings. The highest BCUT2D eigenvalue weighted by atomic mass is 19.1. The second kappa shape index (κ2) is 8.04. The standard InChI is InChI=1S/C19H24F2N2/c1-3-5-12-23(13-6-4-2)19(22)15-10-11-17(21)18-14(15)8-7-9-16(18)20/h7-11,22H,3-6,12-13H2,1-2H3. The van der Waals surface area contributed by atoms with Gasteiger partial charge in [0.25, 0.3) is 0 Å². The van der Waals surface area contributed by atoms with Crippen LogP contribution in [0.25, 0.3) is 10.8 Å². The summed E-state index contributed by atoms with van der Waals surface area (Å²) in [4.78, 5) is 2.02. The normalized spacial score (nSPS) is 11.0. The summed E-state index contributed by atoms with van der Waals surface area (Å²) >= 11 is 0. The molecule has 0 saturated heterocycles. The lowest BCUT2D eigenvalue weighted by molar-refractivity contribution is 0.397. The lowest BCUT2D eigenvalue weighted by Gasteiger charge is -2.26. The zero-order valence-electron chi connectivity index (χ0n) is 13.8. The van der Waals surface area contributed by atoms with Gasteiger partial charge in [0.1, 0.15) is 17.5 Å². The summed E-state index contributed by atoms with van der Waals surface area (Å²) in [5.74, 6) is -0.811. The number of fused-ring (bicyclic) bond motifs is 1. The number of amidine groups is 1. The maximum Gasteiger partial charge on any atom is 0.134 e. The molecule has 0 aliphatic rings. The Balaban J connectivity index is 2.42. The lowest BCUT2D eigenvalue weighted by atomic mass is 10.0. The van der Waals surface area contributed by atoms with Crippen molar-refractivity contribution >= 4 is 16.6 Å². The minimum atomic E-state index is -0.580. The monoisotopic (exact) mass is 318 g/mol. The van der Waals surface area contributed by atoms with Gasteiger partial charge in [0.15, 0.2) is 0 Å². The molecule has 0 heterocycles. The molecule has 0 amide bonds. The van der Waals surface area contributed by atoms with Gasteiger partial charge in [-0.25, -0.2) is 8.78 Å². The summed E-state index contributed by atoms with van der Waals surface area (Å²) in [6.07, 6.45) is 4.10. The van der Waals surface area contributed by atoms with Crippen LogP contribution in [0, 0.1) is 17.0 Å². The largest absolute Gasteiger partial charge is 0.357 e. The fourth-order valence-electron chi connectivity index (χ4n) is 2.73. The van der Waals surface area contributed by atoms with Crippen molar-refractivity contribution < 1.29 is 8.78 Å². The molecule has 0 aliphatic carbocycles. The molecule has 2 aromatic carbocycles. The fourth-order valence-corrected chi connectivity index (χ4v) is 2.73. The second-order valence-corrected chi connectivity index (χ2v) is 5.80. The Morgan fingerprint density at radius 2 is 1.57 bits per heavy atom. The van der Waals surface area contributed by atoms with Crippen molar-refractivity contribution in [3.8, 4) is 0 Å². The number of benzene rings is 2. The van der Waals surface area contributed by atoms with Crippen molar-refractivity contribution in [1.29, 1.82) is 5.41 Å². The highest BCUT2D eigenvalue weighted by Crippen LogP contribution is 2.26. The van der Waals surface area contributed by atoms with Crippen LogP contribution in [0.2, 0.25) is 0 Å². The molecular formula is C19H24F2N2. The van der Waals surface area contributed by atoms with E-state index in [0.717, 1.165) is 38.8 Å². The summed E-state index contributed by atoms with van der Waals surface area (Å²) in [7, 11) is 0. The van der Waals surface area contributed by atoms with Crippen molar-refractivity contribution in [2.75, 3.05) is 13.1 Å². The molecule has 0 saturated carbocycles. The Morgan fingerprint density at radius 1 is 0.957 bits per heavy atom. The van der Waals surface area contributed by atoms with Gasteiger partial charge >= 0.3 is 0 Å². The van der Waals surface area contributed by atoms with Gasteiger partial charge in [-0.2, -0.15) is 0 Å². The first-order valence-electron chi connectivity index (χ1n) is 8.30. The van der Waals surface area contributed by atoms with Crippen LogP contribution < -0.4 is 0 Å². The third kappa shape index (κ3) is 3.87. The van der Waals surface area contributed by atoms with Crippen LogP contribution in [-0.2, 0) is 0 Å². The first kappa shape index (κ1) is 17.4. The summed E-state index contributed by atoms with van der Waals surface area (Å²) in [6.45, 7) is 5.82.